The third-order valence-corrected chi connectivity index (χ3v) is 4.92. The van der Waals surface area contributed by atoms with Gasteiger partial charge in [-0.05, 0) is 29.8 Å². The molecular formula is C21H18F4N6O3. The number of aromatic nitrogens is 5. The lowest BCUT2D eigenvalue weighted by Gasteiger charge is -2.19. The Morgan fingerprint density at radius 3 is 2.65 bits per heavy atom. The Morgan fingerprint density at radius 2 is 2.00 bits per heavy atom. The Hall–Kier alpha value is -4.00. The van der Waals surface area contributed by atoms with E-state index in [1.165, 1.54) is 23.9 Å². The fourth-order valence-electron chi connectivity index (χ4n) is 3.36. The Balaban J connectivity index is 1.61. The van der Waals surface area contributed by atoms with Gasteiger partial charge in [-0.15, -0.1) is 13.2 Å². The van der Waals surface area contributed by atoms with Gasteiger partial charge in [0.2, 0.25) is 0 Å². The van der Waals surface area contributed by atoms with Crippen LogP contribution in [-0.2, 0) is 11.8 Å². The van der Waals surface area contributed by atoms with Crippen LogP contribution < -0.4 is 10.1 Å². The van der Waals surface area contributed by atoms with E-state index in [2.05, 4.69) is 25.2 Å². The lowest BCUT2D eigenvalue weighted by Crippen LogP contribution is -2.31. The predicted molar refractivity (Wildman–Crippen MR) is 110 cm³/mol. The van der Waals surface area contributed by atoms with Gasteiger partial charge in [0.1, 0.15) is 5.56 Å². The molecule has 0 saturated carbocycles. The number of alkyl halides is 3. The van der Waals surface area contributed by atoms with Gasteiger partial charge < -0.3 is 14.8 Å². The molecule has 1 aromatic carbocycles. The van der Waals surface area contributed by atoms with Crippen LogP contribution in [0.25, 0.3) is 17.0 Å². The molecule has 1 atom stereocenters. The lowest BCUT2D eigenvalue weighted by molar-refractivity contribution is -0.275. The summed E-state index contributed by atoms with van der Waals surface area (Å²) in [5.74, 6) is -2.79. The van der Waals surface area contributed by atoms with E-state index in [4.69, 9.17) is 4.74 Å². The molecule has 0 saturated heterocycles. The first-order valence-corrected chi connectivity index (χ1v) is 9.84. The number of fused-ring (bicyclic) bond motifs is 1. The first-order chi connectivity index (χ1) is 16.2. The van der Waals surface area contributed by atoms with Crippen molar-refractivity contribution in [3.8, 4) is 17.1 Å². The Morgan fingerprint density at radius 1 is 1.21 bits per heavy atom. The molecule has 178 valence electrons. The van der Waals surface area contributed by atoms with Crippen molar-refractivity contribution >= 4 is 11.6 Å². The minimum Gasteiger partial charge on any atom is -0.403 e. The molecule has 0 fully saturated rings. The minimum absolute atomic E-state index is 0.0719. The number of benzene rings is 1. The van der Waals surface area contributed by atoms with Crippen LogP contribution >= 0.6 is 0 Å². The van der Waals surface area contributed by atoms with Crippen LogP contribution in [0, 0.1) is 5.82 Å². The monoisotopic (exact) mass is 478 g/mol. The molecule has 1 amide bonds. The van der Waals surface area contributed by atoms with E-state index in [0.29, 0.717) is 5.69 Å². The van der Waals surface area contributed by atoms with Crippen LogP contribution in [0.4, 0.5) is 17.6 Å². The number of halogens is 4. The van der Waals surface area contributed by atoms with Crippen LogP contribution in [0.1, 0.15) is 22.0 Å². The van der Waals surface area contributed by atoms with Gasteiger partial charge in [0.15, 0.2) is 17.2 Å². The van der Waals surface area contributed by atoms with Crippen LogP contribution in [0.2, 0.25) is 0 Å². The molecule has 1 unspecified atom stereocenters. The van der Waals surface area contributed by atoms with Crippen LogP contribution in [0.5, 0.6) is 5.75 Å². The third kappa shape index (κ3) is 4.83. The number of hydrogen-bond acceptors (Lipinski definition) is 6. The molecule has 1 N–H and O–H groups in total. The number of carbonyl (C=O) groups excluding carboxylic acids is 1. The molecule has 0 radical (unpaired) electrons. The summed E-state index contributed by atoms with van der Waals surface area (Å²) < 4.78 is 63.2. The summed E-state index contributed by atoms with van der Waals surface area (Å²) in [4.78, 5) is 17.5. The van der Waals surface area contributed by atoms with E-state index in [1.54, 1.807) is 36.3 Å². The number of methoxy groups -OCH3 is 1. The van der Waals surface area contributed by atoms with Gasteiger partial charge in [-0.1, -0.05) is 6.07 Å². The lowest BCUT2D eigenvalue weighted by atomic mass is 10.1. The zero-order valence-corrected chi connectivity index (χ0v) is 17.9. The summed E-state index contributed by atoms with van der Waals surface area (Å²) in [7, 11) is 3.12. The highest BCUT2D eigenvalue weighted by Gasteiger charge is 2.32. The van der Waals surface area contributed by atoms with Gasteiger partial charge in [0.25, 0.3) is 5.91 Å². The second kappa shape index (κ2) is 9.09. The molecule has 3 aromatic heterocycles. The van der Waals surface area contributed by atoms with Gasteiger partial charge in [-0.25, -0.2) is 13.9 Å². The normalized spacial score (nSPS) is 12.6. The van der Waals surface area contributed by atoms with Gasteiger partial charge in [0, 0.05) is 26.6 Å². The fourth-order valence-corrected chi connectivity index (χ4v) is 3.36. The van der Waals surface area contributed by atoms with E-state index in [0.717, 1.165) is 17.8 Å². The number of ether oxygens (including phenoxy) is 2. The third-order valence-electron chi connectivity index (χ3n) is 4.92. The number of carbonyl (C=O) groups is 1. The minimum atomic E-state index is -5.03. The van der Waals surface area contributed by atoms with Gasteiger partial charge in [-0.2, -0.15) is 10.2 Å². The average Bonchev–Trinajstić information content (AvgIpc) is 3.39. The summed E-state index contributed by atoms with van der Waals surface area (Å²) in [6, 6.07) is 5.51. The van der Waals surface area contributed by atoms with E-state index in [9.17, 15) is 22.4 Å². The summed E-state index contributed by atoms with van der Waals surface area (Å²) in [6.07, 6.45) is -0.448. The molecule has 13 heteroatoms. The van der Waals surface area contributed by atoms with E-state index >= 15 is 0 Å². The summed E-state index contributed by atoms with van der Waals surface area (Å²) in [6.45, 7) is -0.0719. The molecule has 9 nitrogen and oxygen atoms in total. The Kier molecular flexibility index (Phi) is 6.20. The average molecular weight is 478 g/mol. The molecular weight excluding hydrogens is 460 g/mol. The molecule has 0 bridgehead atoms. The van der Waals surface area contributed by atoms with Crippen molar-refractivity contribution in [3.63, 3.8) is 0 Å². The zero-order chi connectivity index (χ0) is 24.5. The number of nitrogens with one attached hydrogen (secondary N) is 1. The van der Waals surface area contributed by atoms with Crippen LogP contribution in [-0.4, -0.2) is 50.4 Å². The molecule has 0 aliphatic heterocycles. The van der Waals surface area contributed by atoms with Crippen molar-refractivity contribution in [2.24, 2.45) is 7.05 Å². The zero-order valence-electron chi connectivity index (χ0n) is 17.9. The predicted octanol–water partition coefficient (Wildman–Crippen LogP) is 3.29. The van der Waals surface area contributed by atoms with Crippen molar-refractivity contribution < 1.29 is 31.8 Å². The maximum Gasteiger partial charge on any atom is 0.573 e. The Bertz CT molecular complexity index is 1330. The SMILES string of the molecule is COCC(NC(=O)c1cnn2ccc(-c3ccnn3C)nc12)c1ccc(OC(F)(F)F)c(F)c1. The van der Waals surface area contributed by atoms with Crippen molar-refractivity contribution in [2.45, 2.75) is 12.4 Å². The fraction of sp³-hybridized carbons (Fsp3) is 0.238. The second-order valence-electron chi connectivity index (χ2n) is 7.20. The topological polar surface area (TPSA) is 95.6 Å². The van der Waals surface area contributed by atoms with Crippen molar-refractivity contribution in [2.75, 3.05) is 13.7 Å². The van der Waals surface area contributed by atoms with Crippen LogP contribution in [0.3, 0.4) is 0 Å². The first kappa shape index (κ1) is 23.2. The molecule has 34 heavy (non-hydrogen) atoms. The van der Waals surface area contributed by atoms with Gasteiger partial charge in [-0.3, -0.25) is 9.48 Å². The van der Waals surface area contributed by atoms with Crippen LogP contribution in [0.15, 0.2) is 48.9 Å². The molecule has 4 rings (SSSR count). The second-order valence-corrected chi connectivity index (χ2v) is 7.20. The molecule has 3 heterocycles. The molecule has 0 aliphatic carbocycles. The molecule has 0 spiro atoms. The summed E-state index contributed by atoms with van der Waals surface area (Å²) >= 11 is 0. The maximum atomic E-state index is 14.2. The van der Waals surface area contributed by atoms with Gasteiger partial charge >= 0.3 is 6.36 Å². The van der Waals surface area contributed by atoms with Crippen molar-refractivity contribution in [1.82, 2.24) is 29.7 Å². The largest absolute Gasteiger partial charge is 0.573 e. The number of aryl methyl sites for hydroxylation is 1. The van der Waals surface area contributed by atoms with E-state index in [-0.39, 0.29) is 23.4 Å². The standard InChI is InChI=1S/C21H18F4N6O3/c1-30-17(5-7-26-30)15-6-8-31-19(28-15)13(10-27-31)20(32)29-16(11-33-2)12-3-4-18(14(22)9-12)34-21(23,24)25/h3-10,16H,11H2,1-2H3,(H,29,32). The highest BCUT2D eigenvalue weighted by Crippen LogP contribution is 2.28. The highest BCUT2D eigenvalue weighted by molar-refractivity contribution is 6.00. The summed E-state index contributed by atoms with van der Waals surface area (Å²) in [5, 5.41) is 10.9. The van der Waals surface area contributed by atoms with E-state index in [1.807, 2.05) is 0 Å². The number of rotatable bonds is 7. The van der Waals surface area contributed by atoms with Crippen molar-refractivity contribution in [3.05, 3.63) is 65.9 Å². The summed E-state index contributed by atoms with van der Waals surface area (Å²) in [5.41, 5.74) is 1.89. The molecule has 0 aliphatic rings. The number of nitrogens with zero attached hydrogens (tertiary/aromatic N) is 5. The number of hydrogen-bond donors (Lipinski definition) is 1. The first-order valence-electron chi connectivity index (χ1n) is 9.84. The quantitative estimate of drug-likeness (QED) is 0.410. The van der Waals surface area contributed by atoms with Gasteiger partial charge in [0.05, 0.1) is 30.2 Å². The number of amides is 1. The maximum absolute atomic E-state index is 14.2. The van der Waals surface area contributed by atoms with Crippen molar-refractivity contribution in [1.29, 1.82) is 0 Å². The highest BCUT2D eigenvalue weighted by atomic mass is 19.4. The van der Waals surface area contributed by atoms with E-state index < -0.39 is 29.9 Å². The molecule has 4 aromatic rings. The Labute approximate surface area is 189 Å². The smallest absolute Gasteiger partial charge is 0.403 e.